The third kappa shape index (κ3) is 26.0. The summed E-state index contributed by atoms with van der Waals surface area (Å²) in [7, 11) is -5.80. The van der Waals surface area contributed by atoms with Gasteiger partial charge in [-0.25, -0.2) is 0 Å². The van der Waals surface area contributed by atoms with Gasteiger partial charge in [0, 0.05) is 0 Å². The molecule has 21 heavy (non-hydrogen) atoms. The zero-order valence-corrected chi connectivity index (χ0v) is 15.8. The maximum Gasteiger partial charge on any atom is 0.312 e. The van der Waals surface area contributed by atoms with Crippen molar-refractivity contribution in [3.8, 4) is 0 Å². The van der Waals surface area contributed by atoms with Crippen molar-refractivity contribution in [1.29, 1.82) is 0 Å². The van der Waals surface area contributed by atoms with Crippen LogP contribution in [0.25, 0.3) is 0 Å². The molecular weight excluding hydrogens is 328 g/mol. The smallest absolute Gasteiger partial charge is 0.312 e. The summed E-state index contributed by atoms with van der Waals surface area (Å²) in [6.45, 7) is 17.2. The lowest BCUT2D eigenvalue weighted by atomic mass is 11.8. The van der Waals surface area contributed by atoms with Gasteiger partial charge in [-0.05, 0) is 45.8 Å². The first-order valence-electron chi connectivity index (χ1n) is 5.52. The van der Waals surface area contributed by atoms with Gasteiger partial charge in [-0.1, -0.05) is 51.1 Å². The third-order valence-electron chi connectivity index (χ3n) is 1.54. The van der Waals surface area contributed by atoms with Crippen molar-refractivity contribution in [3.05, 3.63) is 0 Å². The fourth-order valence-electron chi connectivity index (χ4n) is 1.73. The fraction of sp³-hybridized carbons (Fsp3) is 1.00. The summed E-state index contributed by atoms with van der Waals surface area (Å²) in [5, 5.41) is 0. The van der Waals surface area contributed by atoms with Gasteiger partial charge in [0.15, 0.2) is 8.32 Å². The molecule has 7 heteroatoms. The van der Waals surface area contributed by atoms with Crippen LogP contribution >= 0.6 is 0 Å². The Morgan fingerprint density at radius 2 is 0.905 bits per heavy atom. The third-order valence-corrected chi connectivity index (χ3v) is 13.8. The Morgan fingerprint density at radius 1 is 0.571 bits per heavy atom. The monoisotopic (exact) mass is 378 g/mol. The van der Waals surface area contributed by atoms with E-state index >= 15 is 0 Å². The minimum Gasteiger partial charge on any atom is -0.442 e. The standard InChI is InChI=1S/C8H26O3Si4.6CH4/c1-12-9-14(5,6)11-15(7,8)10-13(2,3)4;;;;;;/h12H2,1-8H3;6*1H4. The molecule has 0 aromatic rings. The number of rotatable bonds is 6. The highest BCUT2D eigenvalue weighted by Gasteiger charge is 2.38. The van der Waals surface area contributed by atoms with Crippen LogP contribution in [-0.4, -0.2) is 35.2 Å². The van der Waals surface area contributed by atoms with Gasteiger partial charge < -0.3 is 12.3 Å². The Hall–Kier alpha value is 0.748. The summed E-state index contributed by atoms with van der Waals surface area (Å²) < 4.78 is 18.1. The molecule has 0 bridgehead atoms. The van der Waals surface area contributed by atoms with Gasteiger partial charge in [-0.2, -0.15) is 0 Å². The van der Waals surface area contributed by atoms with Gasteiger partial charge in [0.05, 0.1) is 0 Å². The van der Waals surface area contributed by atoms with Gasteiger partial charge in [0.1, 0.15) is 9.76 Å². The molecule has 0 heterocycles. The lowest BCUT2D eigenvalue weighted by molar-refractivity contribution is 0.339. The maximum absolute atomic E-state index is 6.14. The summed E-state index contributed by atoms with van der Waals surface area (Å²) in [5.74, 6) is 0. The average Bonchev–Trinajstić information content (AvgIpc) is 1.74. The van der Waals surface area contributed by atoms with Crippen molar-refractivity contribution in [3.63, 3.8) is 0 Å². The lowest BCUT2D eigenvalue weighted by Crippen LogP contribution is -2.52. The largest absolute Gasteiger partial charge is 0.442 e. The maximum atomic E-state index is 6.14. The summed E-state index contributed by atoms with van der Waals surface area (Å²) in [4.78, 5) is 0. The SMILES string of the molecule is C.C.C.C.C.C.C[SiH2]O[Si](C)(C)O[Si](C)(C)O[Si](C)(C)C. The summed E-state index contributed by atoms with van der Waals surface area (Å²) in [6.07, 6.45) is 0. The molecule has 0 saturated heterocycles. The molecule has 0 spiro atoms. The quantitative estimate of drug-likeness (QED) is 0.513. The first-order chi connectivity index (χ1) is 6.47. The Bertz CT molecular complexity index is 205. The Morgan fingerprint density at radius 3 is 1.14 bits per heavy atom. The molecule has 0 aliphatic heterocycles. The molecule has 0 unspecified atom stereocenters. The second-order valence-electron chi connectivity index (χ2n) is 5.55. The lowest BCUT2D eigenvalue weighted by Gasteiger charge is -2.36. The van der Waals surface area contributed by atoms with Gasteiger partial charge in [-0.3, -0.25) is 0 Å². The highest BCUT2D eigenvalue weighted by atomic mass is 28.5. The van der Waals surface area contributed by atoms with Crippen LogP contribution < -0.4 is 0 Å². The predicted molar refractivity (Wildman–Crippen MR) is 116 cm³/mol. The number of hydrogen-bond donors (Lipinski definition) is 0. The summed E-state index contributed by atoms with van der Waals surface area (Å²) >= 11 is 0. The van der Waals surface area contributed by atoms with Crippen LogP contribution in [0.15, 0.2) is 0 Å². The van der Waals surface area contributed by atoms with E-state index in [0.29, 0.717) is 0 Å². The molecule has 140 valence electrons. The first-order valence-corrected chi connectivity index (χ1v) is 16.5. The van der Waals surface area contributed by atoms with E-state index in [0.717, 1.165) is 0 Å². The Kier molecular flexibility index (Phi) is 32.0. The molecule has 0 atom stereocenters. The van der Waals surface area contributed by atoms with Crippen LogP contribution in [0.1, 0.15) is 44.6 Å². The highest BCUT2D eigenvalue weighted by molar-refractivity contribution is 6.86. The Labute approximate surface area is 144 Å². The van der Waals surface area contributed by atoms with E-state index in [-0.39, 0.29) is 54.3 Å². The average molecular weight is 379 g/mol. The summed E-state index contributed by atoms with van der Waals surface area (Å²) in [5.41, 5.74) is 0. The van der Waals surface area contributed by atoms with E-state index < -0.39 is 25.4 Å². The van der Waals surface area contributed by atoms with E-state index in [2.05, 4.69) is 52.4 Å². The second kappa shape index (κ2) is 15.6. The van der Waals surface area contributed by atoms with Crippen LogP contribution in [0.3, 0.4) is 0 Å². The first kappa shape index (κ1) is 43.0. The molecule has 0 saturated carbocycles. The normalized spacial score (nSPS) is 10.9. The second-order valence-corrected chi connectivity index (χ2v) is 18.7. The van der Waals surface area contributed by atoms with E-state index in [4.69, 9.17) is 12.3 Å². The number of hydrogen-bond acceptors (Lipinski definition) is 3. The van der Waals surface area contributed by atoms with Crippen molar-refractivity contribution >= 4 is 35.2 Å². The van der Waals surface area contributed by atoms with E-state index in [9.17, 15) is 0 Å². The van der Waals surface area contributed by atoms with Gasteiger partial charge in [0.2, 0.25) is 0 Å². The molecule has 0 fully saturated rings. The topological polar surface area (TPSA) is 27.7 Å². The van der Waals surface area contributed by atoms with Crippen molar-refractivity contribution in [2.75, 3.05) is 0 Å². The molecule has 0 aliphatic carbocycles. The minimum absolute atomic E-state index is 0. The van der Waals surface area contributed by atoms with Crippen LogP contribution in [0.2, 0.25) is 52.4 Å². The molecular formula is C14H50O3Si4. The zero-order valence-electron chi connectivity index (χ0n) is 11.4. The molecule has 0 aromatic heterocycles. The minimum atomic E-state index is -1.99. The van der Waals surface area contributed by atoms with Gasteiger partial charge in [-0.15, -0.1) is 0 Å². The molecule has 0 N–H and O–H groups in total. The Balaban J connectivity index is -0.0000000653. The molecule has 0 rings (SSSR count). The van der Waals surface area contributed by atoms with Crippen molar-refractivity contribution in [2.24, 2.45) is 0 Å². The molecule has 3 nitrogen and oxygen atoms in total. The fourth-order valence-corrected chi connectivity index (χ4v) is 16.5. The van der Waals surface area contributed by atoms with Crippen molar-refractivity contribution < 1.29 is 12.3 Å². The van der Waals surface area contributed by atoms with E-state index in [1.54, 1.807) is 0 Å². The van der Waals surface area contributed by atoms with Crippen molar-refractivity contribution in [2.45, 2.75) is 96.9 Å². The van der Waals surface area contributed by atoms with Crippen LogP contribution in [-0.2, 0) is 12.3 Å². The van der Waals surface area contributed by atoms with Crippen LogP contribution in [0, 0.1) is 0 Å². The molecule has 0 aromatic carbocycles. The van der Waals surface area contributed by atoms with E-state index in [1.807, 2.05) is 0 Å². The molecule has 0 aliphatic rings. The predicted octanol–water partition coefficient (Wildman–Crippen LogP) is 6.22. The molecule has 0 amide bonds. The highest BCUT2D eigenvalue weighted by Crippen LogP contribution is 2.20. The van der Waals surface area contributed by atoms with Crippen molar-refractivity contribution in [1.82, 2.24) is 0 Å². The van der Waals surface area contributed by atoms with Gasteiger partial charge >= 0.3 is 17.1 Å². The van der Waals surface area contributed by atoms with Gasteiger partial charge in [0.25, 0.3) is 0 Å². The van der Waals surface area contributed by atoms with Crippen LogP contribution in [0.4, 0.5) is 0 Å². The van der Waals surface area contributed by atoms with Crippen LogP contribution in [0.5, 0.6) is 0 Å². The zero-order chi connectivity index (χ0) is 12.3. The molecule has 0 radical (unpaired) electrons. The summed E-state index contributed by atoms with van der Waals surface area (Å²) in [6, 6.07) is 0. The van der Waals surface area contributed by atoms with E-state index in [1.165, 1.54) is 0 Å².